The van der Waals surface area contributed by atoms with Crippen molar-refractivity contribution in [2.24, 2.45) is 0 Å². The average Bonchev–Trinajstić information content (AvgIpc) is 3.23. The number of hydrogen-bond donors (Lipinski definition) is 0. The predicted octanol–water partition coefficient (Wildman–Crippen LogP) is 2.00. The molecule has 0 bridgehead atoms. The molecule has 0 N–H and O–H groups in total. The molecule has 0 amide bonds. The Kier molecular flexibility index (Phi) is 4.20. The zero-order valence-electron chi connectivity index (χ0n) is 14.1. The number of aromatic nitrogens is 4. The minimum absolute atomic E-state index is 0.780. The van der Waals surface area contributed by atoms with Gasteiger partial charge in [0.05, 0.1) is 12.8 Å². The maximum Gasteiger partial charge on any atom is 0.158 e. The number of para-hydroxylation sites is 2. The maximum absolute atomic E-state index is 5.48. The highest BCUT2D eigenvalue weighted by Crippen LogP contribution is 2.29. The van der Waals surface area contributed by atoms with Crippen LogP contribution in [0, 0.1) is 0 Å². The van der Waals surface area contributed by atoms with Crippen LogP contribution < -0.4 is 14.5 Å². The van der Waals surface area contributed by atoms with Crippen molar-refractivity contribution in [1.82, 2.24) is 19.7 Å². The predicted molar refractivity (Wildman–Crippen MR) is 96.6 cm³/mol. The highest BCUT2D eigenvalue weighted by Gasteiger charge is 2.20. The number of hydrogen-bond acceptors (Lipinski definition) is 6. The lowest BCUT2D eigenvalue weighted by Gasteiger charge is -2.37. The maximum atomic E-state index is 5.48. The summed E-state index contributed by atoms with van der Waals surface area (Å²) in [5, 5.41) is 4.23. The van der Waals surface area contributed by atoms with Gasteiger partial charge in [0.1, 0.15) is 17.9 Å². The summed E-state index contributed by atoms with van der Waals surface area (Å²) >= 11 is 0. The fourth-order valence-electron chi connectivity index (χ4n) is 3.11. The zero-order valence-corrected chi connectivity index (χ0v) is 14.1. The third-order valence-electron chi connectivity index (χ3n) is 4.41. The van der Waals surface area contributed by atoms with Crippen molar-refractivity contribution in [2.75, 3.05) is 43.1 Å². The lowest BCUT2D eigenvalue weighted by atomic mass is 10.2. The van der Waals surface area contributed by atoms with Gasteiger partial charge >= 0.3 is 0 Å². The van der Waals surface area contributed by atoms with E-state index in [4.69, 9.17) is 4.74 Å². The van der Waals surface area contributed by atoms with Crippen LogP contribution in [0.5, 0.6) is 5.75 Å². The van der Waals surface area contributed by atoms with Crippen molar-refractivity contribution in [3.05, 3.63) is 55.1 Å². The average molecular weight is 336 g/mol. The first-order valence-electron chi connectivity index (χ1n) is 8.30. The van der Waals surface area contributed by atoms with Gasteiger partial charge in [-0.2, -0.15) is 5.10 Å². The molecule has 0 radical (unpaired) electrons. The van der Waals surface area contributed by atoms with Crippen LogP contribution in [-0.4, -0.2) is 53.0 Å². The number of ether oxygens (including phenoxy) is 1. The molecule has 2 aromatic heterocycles. The van der Waals surface area contributed by atoms with E-state index in [2.05, 4.69) is 30.9 Å². The van der Waals surface area contributed by atoms with Gasteiger partial charge in [0, 0.05) is 44.6 Å². The summed E-state index contributed by atoms with van der Waals surface area (Å²) in [5.74, 6) is 2.63. The zero-order chi connectivity index (χ0) is 17.1. The lowest BCUT2D eigenvalue weighted by Crippen LogP contribution is -2.47. The summed E-state index contributed by atoms with van der Waals surface area (Å²) in [6.07, 6.45) is 5.22. The van der Waals surface area contributed by atoms with E-state index in [0.29, 0.717) is 0 Å². The molecule has 0 atom stereocenters. The Hall–Kier alpha value is -3.09. The molecule has 1 aliphatic heterocycles. The summed E-state index contributed by atoms with van der Waals surface area (Å²) in [4.78, 5) is 13.4. The molecular weight excluding hydrogens is 316 g/mol. The first-order valence-corrected chi connectivity index (χ1v) is 8.30. The number of nitrogens with zero attached hydrogens (tertiary/aromatic N) is 6. The van der Waals surface area contributed by atoms with Crippen molar-refractivity contribution in [1.29, 1.82) is 0 Å². The second-order valence-corrected chi connectivity index (χ2v) is 5.83. The Morgan fingerprint density at radius 3 is 2.44 bits per heavy atom. The quantitative estimate of drug-likeness (QED) is 0.726. The van der Waals surface area contributed by atoms with E-state index < -0.39 is 0 Å². The van der Waals surface area contributed by atoms with E-state index in [1.54, 1.807) is 24.3 Å². The number of piperazine rings is 1. The fraction of sp³-hybridized carbons (Fsp3) is 0.278. The molecule has 128 valence electrons. The Morgan fingerprint density at radius 2 is 1.68 bits per heavy atom. The minimum atomic E-state index is 0.780. The molecule has 0 saturated carbocycles. The van der Waals surface area contributed by atoms with Gasteiger partial charge in [0.25, 0.3) is 0 Å². The van der Waals surface area contributed by atoms with Gasteiger partial charge in [-0.15, -0.1) is 0 Å². The van der Waals surface area contributed by atoms with Crippen LogP contribution in [0.1, 0.15) is 0 Å². The molecule has 1 saturated heterocycles. The van der Waals surface area contributed by atoms with Crippen molar-refractivity contribution in [3.63, 3.8) is 0 Å². The Morgan fingerprint density at radius 1 is 0.920 bits per heavy atom. The number of methoxy groups -OCH3 is 1. The topological polar surface area (TPSA) is 59.3 Å². The molecule has 4 rings (SSSR count). The van der Waals surface area contributed by atoms with Crippen LogP contribution in [0.3, 0.4) is 0 Å². The summed E-state index contributed by atoms with van der Waals surface area (Å²) in [6, 6.07) is 12.0. The van der Waals surface area contributed by atoms with E-state index in [9.17, 15) is 0 Å². The molecule has 0 aliphatic carbocycles. The van der Waals surface area contributed by atoms with E-state index in [1.165, 1.54) is 0 Å². The Bertz CT molecular complexity index is 827. The van der Waals surface area contributed by atoms with E-state index in [0.717, 1.165) is 49.3 Å². The standard InChI is InChI=1S/C18H20N6O/c1-25-16-6-3-2-5-15(16)22-9-11-23(12-10-22)17-13-18(20-14-19-17)24-8-4-7-21-24/h2-8,13-14H,9-12H2,1H3. The molecule has 25 heavy (non-hydrogen) atoms. The van der Waals surface area contributed by atoms with E-state index in [-0.39, 0.29) is 0 Å². The molecule has 3 heterocycles. The van der Waals surface area contributed by atoms with Crippen molar-refractivity contribution in [2.45, 2.75) is 0 Å². The molecule has 0 spiro atoms. The first-order chi connectivity index (χ1) is 12.3. The van der Waals surface area contributed by atoms with Crippen LogP contribution in [0.2, 0.25) is 0 Å². The van der Waals surface area contributed by atoms with Crippen LogP contribution in [0.25, 0.3) is 5.82 Å². The summed E-state index contributed by atoms with van der Waals surface area (Å²) < 4.78 is 7.23. The van der Waals surface area contributed by atoms with Gasteiger partial charge in [0.2, 0.25) is 0 Å². The summed E-state index contributed by atoms with van der Waals surface area (Å²) in [5.41, 5.74) is 1.14. The normalized spacial score (nSPS) is 14.6. The molecule has 0 unspecified atom stereocenters. The molecule has 7 nitrogen and oxygen atoms in total. The van der Waals surface area contributed by atoms with Gasteiger partial charge < -0.3 is 14.5 Å². The fourth-order valence-corrected chi connectivity index (χ4v) is 3.11. The van der Waals surface area contributed by atoms with Gasteiger partial charge in [-0.3, -0.25) is 0 Å². The number of benzene rings is 1. The second-order valence-electron chi connectivity index (χ2n) is 5.83. The first kappa shape index (κ1) is 15.4. The molecule has 1 aromatic carbocycles. The molecule has 1 aliphatic rings. The highest BCUT2D eigenvalue weighted by molar-refractivity contribution is 5.59. The minimum Gasteiger partial charge on any atom is -0.495 e. The third-order valence-corrected chi connectivity index (χ3v) is 4.41. The Labute approximate surface area is 146 Å². The molecule has 7 heteroatoms. The number of rotatable bonds is 4. The third kappa shape index (κ3) is 3.13. The molecular formula is C18H20N6O. The number of anilines is 2. The molecule has 3 aromatic rings. The monoisotopic (exact) mass is 336 g/mol. The summed E-state index contributed by atoms with van der Waals surface area (Å²) in [7, 11) is 1.72. The van der Waals surface area contributed by atoms with Gasteiger partial charge in [-0.05, 0) is 18.2 Å². The van der Waals surface area contributed by atoms with Crippen LogP contribution in [0.15, 0.2) is 55.1 Å². The SMILES string of the molecule is COc1ccccc1N1CCN(c2cc(-n3cccn3)ncn2)CC1. The largest absolute Gasteiger partial charge is 0.495 e. The second kappa shape index (κ2) is 6.80. The van der Waals surface area contributed by atoms with Crippen molar-refractivity contribution >= 4 is 11.5 Å². The summed E-state index contributed by atoms with van der Waals surface area (Å²) in [6.45, 7) is 3.63. The lowest BCUT2D eigenvalue weighted by molar-refractivity contribution is 0.413. The van der Waals surface area contributed by atoms with Crippen LogP contribution in [-0.2, 0) is 0 Å². The highest BCUT2D eigenvalue weighted by atomic mass is 16.5. The van der Waals surface area contributed by atoms with Gasteiger partial charge in [-0.25, -0.2) is 14.6 Å². The van der Waals surface area contributed by atoms with Crippen molar-refractivity contribution in [3.8, 4) is 11.6 Å². The van der Waals surface area contributed by atoms with E-state index in [1.807, 2.05) is 36.5 Å². The Balaban J connectivity index is 1.48. The smallest absolute Gasteiger partial charge is 0.158 e. The van der Waals surface area contributed by atoms with Gasteiger partial charge in [-0.1, -0.05) is 12.1 Å². The van der Waals surface area contributed by atoms with Crippen LogP contribution in [0.4, 0.5) is 11.5 Å². The van der Waals surface area contributed by atoms with E-state index >= 15 is 0 Å². The molecule has 1 fully saturated rings. The van der Waals surface area contributed by atoms with Gasteiger partial charge in [0.15, 0.2) is 5.82 Å². The van der Waals surface area contributed by atoms with Crippen molar-refractivity contribution < 1.29 is 4.74 Å². The van der Waals surface area contributed by atoms with Crippen LogP contribution >= 0.6 is 0 Å².